The first-order valence-corrected chi connectivity index (χ1v) is 7.98. The Bertz CT molecular complexity index is 867. The summed E-state index contributed by atoms with van der Waals surface area (Å²) in [5.74, 6) is 0.403. The first-order valence-electron chi connectivity index (χ1n) is 7.98. The molecule has 0 N–H and O–H groups in total. The molecule has 0 bridgehead atoms. The van der Waals surface area contributed by atoms with E-state index >= 15 is 0 Å². The number of pyridine rings is 1. The van der Waals surface area contributed by atoms with Crippen molar-refractivity contribution in [3.05, 3.63) is 42.6 Å². The topological polar surface area (TPSA) is 95.2 Å². The van der Waals surface area contributed by atoms with E-state index in [4.69, 9.17) is 4.74 Å². The summed E-state index contributed by atoms with van der Waals surface area (Å²) in [6.45, 7) is 2.48. The molecule has 1 saturated heterocycles. The number of ether oxygens (including phenoxy) is 1. The van der Waals surface area contributed by atoms with Gasteiger partial charge in [-0.3, -0.25) is 20.3 Å². The van der Waals surface area contributed by atoms with Crippen molar-refractivity contribution < 1.29 is 42.2 Å². The van der Waals surface area contributed by atoms with E-state index in [1.807, 2.05) is 43.3 Å². The smallest absolute Gasteiger partial charge is 0.414 e. The van der Waals surface area contributed by atoms with Gasteiger partial charge >= 0.3 is 6.09 Å². The SMILES string of the molecule is CC[C@@H]1COC(=O)N1c1ccc(-c2ccc(-c3nn[n-]n3)nc2)cc1.[Y]. The zero-order valence-electron chi connectivity index (χ0n) is 14.1. The number of aromatic nitrogens is 5. The zero-order valence-corrected chi connectivity index (χ0v) is 16.9. The number of carbonyl (C=O) groups is 1. The van der Waals surface area contributed by atoms with E-state index in [-0.39, 0.29) is 44.8 Å². The van der Waals surface area contributed by atoms with Gasteiger partial charge in [-0.15, -0.1) is 0 Å². The molecule has 129 valence electrons. The van der Waals surface area contributed by atoms with Crippen LogP contribution in [0, 0.1) is 0 Å². The van der Waals surface area contributed by atoms with Gasteiger partial charge in [-0.05, 0) is 30.2 Å². The molecule has 9 heteroatoms. The Morgan fingerprint density at radius 2 is 1.96 bits per heavy atom. The van der Waals surface area contributed by atoms with Crippen LogP contribution in [0.2, 0.25) is 0 Å². The molecule has 0 unspecified atom stereocenters. The minimum atomic E-state index is -0.289. The third-order valence-electron chi connectivity index (χ3n) is 4.22. The summed E-state index contributed by atoms with van der Waals surface area (Å²) >= 11 is 0. The second kappa shape index (κ2) is 8.01. The van der Waals surface area contributed by atoms with Crippen LogP contribution in [0.15, 0.2) is 42.6 Å². The Hall–Kier alpha value is -2.19. The van der Waals surface area contributed by atoms with E-state index in [9.17, 15) is 4.79 Å². The van der Waals surface area contributed by atoms with Crippen molar-refractivity contribution in [1.82, 2.24) is 25.6 Å². The van der Waals surface area contributed by atoms with Crippen LogP contribution in [0.25, 0.3) is 22.6 Å². The van der Waals surface area contributed by atoms with Crippen molar-refractivity contribution in [1.29, 1.82) is 0 Å². The average Bonchev–Trinajstić information content (AvgIpc) is 3.32. The number of tetrazole rings is 1. The van der Waals surface area contributed by atoms with Crippen molar-refractivity contribution in [3.63, 3.8) is 0 Å². The number of hydrogen-bond donors (Lipinski definition) is 0. The maximum atomic E-state index is 11.9. The van der Waals surface area contributed by atoms with Crippen molar-refractivity contribution in [2.24, 2.45) is 0 Å². The standard InChI is InChI=1S/C17H15N6O2.Y/c1-2-13-10-25-17(24)23(13)14-6-3-11(4-7-14)12-5-8-15(18-9-12)16-19-21-22-20-16;/h3-9,13H,2,10H2,1H3;/q-1;/t13-;/m1./s1. The van der Waals surface area contributed by atoms with E-state index in [1.165, 1.54) is 0 Å². The fourth-order valence-corrected chi connectivity index (χ4v) is 2.84. The van der Waals surface area contributed by atoms with Crippen molar-refractivity contribution >= 4 is 11.8 Å². The summed E-state index contributed by atoms with van der Waals surface area (Å²) in [4.78, 5) is 18.0. The molecule has 1 atom stereocenters. The van der Waals surface area contributed by atoms with E-state index in [0.717, 1.165) is 23.2 Å². The molecular weight excluding hydrogens is 409 g/mol. The molecule has 8 nitrogen and oxygen atoms in total. The van der Waals surface area contributed by atoms with Gasteiger partial charge in [0.15, 0.2) is 0 Å². The number of hydrogen-bond acceptors (Lipinski definition) is 6. The van der Waals surface area contributed by atoms with Gasteiger partial charge < -0.3 is 9.84 Å². The third kappa shape index (κ3) is 3.52. The first-order chi connectivity index (χ1) is 12.3. The van der Waals surface area contributed by atoms with Gasteiger partial charge in [-0.2, -0.15) is 0 Å². The Kier molecular flexibility index (Phi) is 5.73. The van der Waals surface area contributed by atoms with Gasteiger partial charge in [0.2, 0.25) is 0 Å². The second-order valence-corrected chi connectivity index (χ2v) is 5.69. The predicted molar refractivity (Wildman–Crippen MR) is 89.7 cm³/mol. The maximum Gasteiger partial charge on any atom is 0.414 e. The molecule has 1 fully saturated rings. The molecule has 2 aromatic heterocycles. The fraction of sp³-hybridized carbons (Fsp3) is 0.235. The van der Waals surface area contributed by atoms with Crippen LogP contribution < -0.4 is 10.1 Å². The van der Waals surface area contributed by atoms with Crippen LogP contribution in [0.1, 0.15) is 13.3 Å². The maximum absolute atomic E-state index is 11.9. The fourth-order valence-electron chi connectivity index (χ4n) is 2.84. The van der Waals surface area contributed by atoms with Crippen molar-refractivity contribution in [3.8, 4) is 22.6 Å². The Labute approximate surface area is 175 Å². The summed E-state index contributed by atoms with van der Waals surface area (Å²) in [7, 11) is 0. The third-order valence-corrected chi connectivity index (χ3v) is 4.22. The molecule has 26 heavy (non-hydrogen) atoms. The number of amides is 1. The zero-order chi connectivity index (χ0) is 17.2. The number of nitrogens with zero attached hydrogens (tertiary/aromatic N) is 6. The molecule has 0 aliphatic carbocycles. The van der Waals surface area contributed by atoms with Crippen molar-refractivity contribution in [2.75, 3.05) is 11.5 Å². The Morgan fingerprint density at radius 3 is 2.58 bits per heavy atom. The summed E-state index contributed by atoms with van der Waals surface area (Å²) in [6, 6.07) is 11.6. The van der Waals surface area contributed by atoms with Gasteiger partial charge in [0.25, 0.3) is 0 Å². The number of benzene rings is 1. The van der Waals surface area contributed by atoms with Crippen molar-refractivity contribution in [2.45, 2.75) is 19.4 Å². The second-order valence-electron chi connectivity index (χ2n) is 5.69. The van der Waals surface area contributed by atoms with Crippen LogP contribution in [0.3, 0.4) is 0 Å². The van der Waals surface area contributed by atoms with Crippen LogP contribution in [-0.4, -0.2) is 39.1 Å². The first kappa shape index (κ1) is 18.6. The van der Waals surface area contributed by atoms with Crippen LogP contribution in [-0.2, 0) is 37.4 Å². The summed E-state index contributed by atoms with van der Waals surface area (Å²) in [6.07, 6.45) is 2.31. The molecule has 0 spiro atoms. The normalized spacial score (nSPS) is 16.3. The van der Waals surface area contributed by atoms with Gasteiger partial charge in [-0.25, -0.2) is 9.89 Å². The average molecular weight is 424 g/mol. The van der Waals surface area contributed by atoms with Gasteiger partial charge in [0.05, 0.1) is 17.6 Å². The molecule has 1 aliphatic rings. The number of anilines is 1. The summed E-state index contributed by atoms with van der Waals surface area (Å²) in [5.41, 5.74) is 3.42. The molecule has 3 aromatic rings. The summed E-state index contributed by atoms with van der Waals surface area (Å²) in [5, 5.41) is 14.5. The molecule has 1 radical (unpaired) electrons. The Balaban J connectivity index is 0.00000196. The van der Waals surface area contributed by atoms with E-state index in [1.54, 1.807) is 11.1 Å². The van der Waals surface area contributed by atoms with Crippen LogP contribution in [0.5, 0.6) is 0 Å². The molecule has 1 aliphatic heterocycles. The minimum absolute atomic E-state index is 0. The van der Waals surface area contributed by atoms with E-state index in [0.29, 0.717) is 18.1 Å². The van der Waals surface area contributed by atoms with E-state index < -0.39 is 0 Å². The molecule has 3 heterocycles. The molecule has 1 aromatic carbocycles. The number of rotatable bonds is 4. The molecule has 4 rings (SSSR count). The predicted octanol–water partition coefficient (Wildman–Crippen LogP) is 2.29. The molecular formula is C17H15N6O2Y-. The quantitative estimate of drug-likeness (QED) is 0.634. The molecule has 0 saturated carbocycles. The Morgan fingerprint density at radius 1 is 1.19 bits per heavy atom. The van der Waals surface area contributed by atoms with Crippen LogP contribution in [0.4, 0.5) is 10.5 Å². The van der Waals surface area contributed by atoms with E-state index in [2.05, 4.69) is 25.6 Å². The van der Waals surface area contributed by atoms with Gasteiger partial charge in [0, 0.05) is 50.2 Å². The van der Waals surface area contributed by atoms with Gasteiger partial charge in [0.1, 0.15) is 6.61 Å². The van der Waals surface area contributed by atoms with Gasteiger partial charge in [-0.1, -0.05) is 25.1 Å². The number of carbonyl (C=O) groups excluding carboxylic acids is 1. The number of cyclic esters (lactones) is 1. The monoisotopic (exact) mass is 424 g/mol. The molecule has 1 amide bonds. The minimum Gasteiger partial charge on any atom is -0.447 e. The summed E-state index contributed by atoms with van der Waals surface area (Å²) < 4.78 is 5.14. The largest absolute Gasteiger partial charge is 0.447 e. The van der Waals surface area contributed by atoms with Crippen LogP contribution >= 0.6 is 0 Å².